The summed E-state index contributed by atoms with van der Waals surface area (Å²) >= 11 is 1.42. The van der Waals surface area contributed by atoms with Crippen molar-refractivity contribution in [1.29, 1.82) is 0 Å². The van der Waals surface area contributed by atoms with Gasteiger partial charge in [0.05, 0.1) is 17.1 Å². The molecule has 6 heteroatoms. The molecule has 0 atom stereocenters. The molecule has 0 N–H and O–H groups in total. The molecule has 0 aliphatic rings. The Bertz CT molecular complexity index is 1610. The van der Waals surface area contributed by atoms with Crippen molar-refractivity contribution in [2.45, 2.75) is 45.2 Å². The second-order valence-electron chi connectivity index (χ2n) is 10.7. The smallest absolute Gasteiger partial charge is 0.237 e. The molecule has 1 heterocycles. The van der Waals surface area contributed by atoms with Gasteiger partial charge in [0.2, 0.25) is 5.91 Å². The summed E-state index contributed by atoms with van der Waals surface area (Å²) in [5.74, 6) is 1.06. The lowest BCUT2D eigenvalue weighted by Crippen LogP contribution is -2.32. The van der Waals surface area contributed by atoms with Gasteiger partial charge in [-0.25, -0.2) is 0 Å². The molecule has 0 fully saturated rings. The summed E-state index contributed by atoms with van der Waals surface area (Å²) in [4.78, 5) is 15.4. The molecular formula is C33H34N4OS. The minimum absolute atomic E-state index is 0.0364. The van der Waals surface area contributed by atoms with E-state index in [9.17, 15) is 4.79 Å². The summed E-state index contributed by atoms with van der Waals surface area (Å²) < 4.78 is 2.08. The van der Waals surface area contributed by atoms with Crippen LogP contribution in [0.1, 0.15) is 38.8 Å². The Balaban J connectivity index is 1.47. The summed E-state index contributed by atoms with van der Waals surface area (Å²) in [6.45, 7) is 11.3. The topological polar surface area (TPSA) is 51.0 Å². The average molecular weight is 535 g/mol. The van der Waals surface area contributed by atoms with Gasteiger partial charge in [0.15, 0.2) is 11.0 Å². The molecule has 0 aliphatic heterocycles. The van der Waals surface area contributed by atoms with E-state index < -0.39 is 0 Å². The van der Waals surface area contributed by atoms with Crippen LogP contribution in [0.15, 0.2) is 96.2 Å². The fourth-order valence-electron chi connectivity index (χ4n) is 4.83. The van der Waals surface area contributed by atoms with Crippen molar-refractivity contribution < 1.29 is 4.79 Å². The lowest BCUT2D eigenvalue weighted by molar-refractivity contribution is -0.116. The van der Waals surface area contributed by atoms with Gasteiger partial charge >= 0.3 is 0 Å². The molecule has 1 aromatic heterocycles. The number of carbonyl (C=O) groups is 1. The van der Waals surface area contributed by atoms with Crippen LogP contribution < -0.4 is 4.90 Å². The lowest BCUT2D eigenvalue weighted by atomic mass is 9.87. The molecule has 0 unspecified atom stereocenters. The first-order valence-corrected chi connectivity index (χ1v) is 14.3. The zero-order valence-electron chi connectivity index (χ0n) is 23.2. The molecule has 39 heavy (non-hydrogen) atoms. The number of hydrogen-bond donors (Lipinski definition) is 0. The van der Waals surface area contributed by atoms with Gasteiger partial charge in [-0.15, -0.1) is 10.2 Å². The zero-order chi connectivity index (χ0) is 27.6. The van der Waals surface area contributed by atoms with E-state index in [1.165, 1.54) is 17.3 Å². The number of thioether (sulfide) groups is 1. The molecule has 0 saturated carbocycles. The van der Waals surface area contributed by atoms with E-state index >= 15 is 0 Å². The number of benzene rings is 4. The highest BCUT2D eigenvalue weighted by Crippen LogP contribution is 2.32. The second kappa shape index (κ2) is 11.1. The Morgan fingerprint density at radius 1 is 0.872 bits per heavy atom. The highest BCUT2D eigenvalue weighted by Gasteiger charge is 2.22. The number of aromatic nitrogens is 3. The predicted octanol–water partition coefficient (Wildman–Crippen LogP) is 7.84. The Labute approximate surface area is 234 Å². The number of hydrogen-bond acceptors (Lipinski definition) is 4. The largest absolute Gasteiger partial charge is 0.311 e. The standard InChI is InChI=1S/C33H34N4OS/c1-6-36(29-17-11-14-24-13-8-9-15-27(24)29)30(38)22-39-32-35-34-31(37(32)28-16-10-7-12-23(28)2)25-18-20-26(21-19-25)33(3,4)5/h7-21H,6,22H2,1-5H3. The second-order valence-corrected chi connectivity index (χ2v) is 11.6. The van der Waals surface area contributed by atoms with Crippen LogP contribution >= 0.6 is 11.8 Å². The molecule has 198 valence electrons. The van der Waals surface area contributed by atoms with Crippen LogP contribution in [0.2, 0.25) is 0 Å². The van der Waals surface area contributed by atoms with Gasteiger partial charge in [0.25, 0.3) is 0 Å². The maximum absolute atomic E-state index is 13.6. The first-order valence-electron chi connectivity index (χ1n) is 13.3. The van der Waals surface area contributed by atoms with Gasteiger partial charge in [-0.2, -0.15) is 0 Å². The van der Waals surface area contributed by atoms with Crippen LogP contribution in [-0.2, 0) is 10.2 Å². The number of amides is 1. The Morgan fingerprint density at radius 2 is 1.56 bits per heavy atom. The number of aryl methyl sites for hydroxylation is 1. The van der Waals surface area contributed by atoms with Crippen LogP contribution in [0.5, 0.6) is 0 Å². The fraction of sp³-hybridized carbons (Fsp3) is 0.242. The number of fused-ring (bicyclic) bond motifs is 1. The monoisotopic (exact) mass is 534 g/mol. The van der Waals surface area contributed by atoms with Crippen molar-refractivity contribution in [2.75, 3.05) is 17.2 Å². The maximum Gasteiger partial charge on any atom is 0.237 e. The van der Waals surface area contributed by atoms with Crippen molar-refractivity contribution >= 4 is 34.1 Å². The summed E-state index contributed by atoms with van der Waals surface area (Å²) in [5.41, 5.74) is 5.38. The third-order valence-electron chi connectivity index (χ3n) is 7.00. The number of para-hydroxylation sites is 1. The number of nitrogens with zero attached hydrogens (tertiary/aromatic N) is 4. The highest BCUT2D eigenvalue weighted by atomic mass is 32.2. The third-order valence-corrected chi connectivity index (χ3v) is 7.91. The van der Waals surface area contributed by atoms with Gasteiger partial charge in [-0.05, 0) is 47.9 Å². The molecule has 5 rings (SSSR count). The first-order chi connectivity index (χ1) is 18.8. The van der Waals surface area contributed by atoms with Crippen molar-refractivity contribution in [3.8, 4) is 17.1 Å². The van der Waals surface area contributed by atoms with E-state index in [0.29, 0.717) is 11.7 Å². The molecule has 4 aromatic carbocycles. The molecule has 0 bridgehead atoms. The van der Waals surface area contributed by atoms with Gasteiger partial charge in [-0.1, -0.05) is 111 Å². The molecule has 0 aliphatic carbocycles. The summed E-state index contributed by atoms with van der Waals surface area (Å²) in [6, 6.07) is 31.0. The molecule has 0 radical (unpaired) electrons. The summed E-state index contributed by atoms with van der Waals surface area (Å²) in [7, 11) is 0. The average Bonchev–Trinajstić information content (AvgIpc) is 3.36. The summed E-state index contributed by atoms with van der Waals surface area (Å²) in [5, 5.41) is 12.1. The van der Waals surface area contributed by atoms with E-state index in [0.717, 1.165) is 39.1 Å². The predicted molar refractivity (Wildman–Crippen MR) is 163 cm³/mol. The van der Waals surface area contributed by atoms with Crippen molar-refractivity contribution in [1.82, 2.24) is 14.8 Å². The van der Waals surface area contributed by atoms with Gasteiger partial charge in [0.1, 0.15) is 0 Å². The number of rotatable bonds is 7. The normalized spacial score (nSPS) is 11.6. The van der Waals surface area contributed by atoms with E-state index in [-0.39, 0.29) is 17.1 Å². The van der Waals surface area contributed by atoms with Crippen LogP contribution in [0, 0.1) is 6.92 Å². The van der Waals surface area contributed by atoms with Crippen molar-refractivity contribution in [2.24, 2.45) is 0 Å². The van der Waals surface area contributed by atoms with Crippen LogP contribution in [0.4, 0.5) is 5.69 Å². The molecule has 0 saturated heterocycles. The van der Waals surface area contributed by atoms with Gasteiger partial charge in [0, 0.05) is 17.5 Å². The Kier molecular flexibility index (Phi) is 7.58. The minimum Gasteiger partial charge on any atom is -0.311 e. The van der Waals surface area contributed by atoms with Gasteiger partial charge in [-0.3, -0.25) is 9.36 Å². The van der Waals surface area contributed by atoms with Gasteiger partial charge < -0.3 is 4.90 Å². The number of carbonyl (C=O) groups excluding carboxylic acids is 1. The molecule has 1 amide bonds. The third kappa shape index (κ3) is 5.48. The van der Waals surface area contributed by atoms with Crippen molar-refractivity contribution in [3.63, 3.8) is 0 Å². The number of anilines is 1. The molecular weight excluding hydrogens is 500 g/mol. The quantitative estimate of drug-likeness (QED) is 0.200. The molecule has 0 spiro atoms. The molecule has 5 aromatic rings. The minimum atomic E-state index is 0.0364. The van der Waals surface area contributed by atoms with E-state index in [1.807, 2.05) is 48.2 Å². The molecule has 5 nitrogen and oxygen atoms in total. The maximum atomic E-state index is 13.6. The Morgan fingerprint density at radius 3 is 2.28 bits per heavy atom. The van der Waals surface area contributed by atoms with E-state index in [4.69, 9.17) is 0 Å². The van der Waals surface area contributed by atoms with Crippen LogP contribution in [0.3, 0.4) is 0 Å². The van der Waals surface area contributed by atoms with Crippen LogP contribution in [0.25, 0.3) is 27.8 Å². The first kappa shape index (κ1) is 26.7. The van der Waals surface area contributed by atoms with E-state index in [2.05, 4.69) is 97.1 Å². The fourth-order valence-corrected chi connectivity index (χ4v) is 5.65. The highest BCUT2D eigenvalue weighted by molar-refractivity contribution is 7.99. The van der Waals surface area contributed by atoms with Crippen LogP contribution in [-0.4, -0.2) is 33.0 Å². The Hall–Kier alpha value is -3.90. The van der Waals surface area contributed by atoms with Crippen molar-refractivity contribution in [3.05, 3.63) is 102 Å². The SMILES string of the molecule is CCN(C(=O)CSc1nnc(-c2ccc(C(C)(C)C)cc2)n1-c1ccccc1C)c1cccc2ccccc12. The summed E-state index contributed by atoms with van der Waals surface area (Å²) in [6.07, 6.45) is 0. The zero-order valence-corrected chi connectivity index (χ0v) is 24.0. The van der Waals surface area contributed by atoms with E-state index in [1.54, 1.807) is 0 Å². The lowest BCUT2D eigenvalue weighted by Gasteiger charge is -2.23.